The van der Waals surface area contributed by atoms with Gasteiger partial charge < -0.3 is 15.8 Å². The fourth-order valence-corrected chi connectivity index (χ4v) is 4.33. The van der Waals surface area contributed by atoms with Gasteiger partial charge in [-0.1, -0.05) is 43.7 Å². The highest BCUT2D eigenvalue weighted by Gasteiger charge is 2.21. The van der Waals surface area contributed by atoms with Crippen LogP contribution in [-0.2, 0) is 29.0 Å². The monoisotopic (exact) mass is 529 g/mol. The third kappa shape index (κ3) is 6.95. The molecular formula is C29H35N7O3. The molecule has 0 aliphatic rings. The van der Waals surface area contributed by atoms with Gasteiger partial charge in [0.1, 0.15) is 12.1 Å². The van der Waals surface area contributed by atoms with Crippen LogP contribution in [0.4, 0.5) is 4.79 Å². The number of pyridine rings is 1. The van der Waals surface area contributed by atoms with Crippen molar-refractivity contribution < 1.29 is 14.3 Å². The highest BCUT2D eigenvalue weighted by atomic mass is 16.6. The first-order valence-corrected chi connectivity index (χ1v) is 13.0. The smallest absolute Gasteiger partial charge is 0.407 e. The largest absolute Gasteiger partial charge is 0.444 e. The summed E-state index contributed by atoms with van der Waals surface area (Å²) in [6.45, 7) is 11.9. The molecule has 2 aromatic heterocycles. The average molecular weight is 530 g/mol. The lowest BCUT2D eigenvalue weighted by molar-refractivity contribution is -0.119. The summed E-state index contributed by atoms with van der Waals surface area (Å²) in [7, 11) is 0. The van der Waals surface area contributed by atoms with E-state index >= 15 is 0 Å². The fourth-order valence-electron chi connectivity index (χ4n) is 4.33. The zero-order valence-electron chi connectivity index (χ0n) is 23.3. The SMILES string of the molecule is Cc1ccc(-c2c(CNC(=O)OC(C)(C)C)c(CC(C)C)nc3ccc(-c4nnn(CC(N)=O)n4)cc23)cc1. The maximum atomic E-state index is 12.6. The number of ether oxygens (including phenoxy) is 1. The minimum atomic E-state index is -0.611. The summed E-state index contributed by atoms with van der Waals surface area (Å²) in [5.41, 5.74) is 11.2. The van der Waals surface area contributed by atoms with Crippen LogP contribution < -0.4 is 11.1 Å². The summed E-state index contributed by atoms with van der Waals surface area (Å²) in [5.74, 6) is 0.167. The normalized spacial score (nSPS) is 11.7. The van der Waals surface area contributed by atoms with Crippen LogP contribution in [0.15, 0.2) is 42.5 Å². The first-order valence-electron chi connectivity index (χ1n) is 13.0. The average Bonchev–Trinajstić information content (AvgIpc) is 3.29. The van der Waals surface area contributed by atoms with Crippen LogP contribution in [0.1, 0.15) is 51.4 Å². The van der Waals surface area contributed by atoms with Gasteiger partial charge in [0.05, 0.1) is 5.52 Å². The number of aryl methyl sites for hydroxylation is 1. The second kappa shape index (κ2) is 11.2. The molecule has 0 spiro atoms. The van der Waals surface area contributed by atoms with Crippen LogP contribution in [0.25, 0.3) is 33.4 Å². The summed E-state index contributed by atoms with van der Waals surface area (Å²) in [6, 6.07) is 14.1. The Morgan fingerprint density at radius 1 is 1.08 bits per heavy atom. The molecule has 0 aliphatic heterocycles. The van der Waals surface area contributed by atoms with Crippen LogP contribution in [0.5, 0.6) is 0 Å². The van der Waals surface area contributed by atoms with Gasteiger partial charge in [0, 0.05) is 28.8 Å². The molecule has 39 heavy (non-hydrogen) atoms. The molecule has 2 amide bonds. The molecule has 0 unspecified atom stereocenters. The van der Waals surface area contributed by atoms with Crippen molar-refractivity contribution in [3.63, 3.8) is 0 Å². The highest BCUT2D eigenvalue weighted by Crippen LogP contribution is 2.36. The predicted octanol–water partition coefficient (Wildman–Crippen LogP) is 4.57. The quantitative estimate of drug-likeness (QED) is 0.341. The Labute approximate surface area is 228 Å². The lowest BCUT2D eigenvalue weighted by atomic mass is 9.90. The van der Waals surface area contributed by atoms with E-state index in [1.807, 2.05) is 45.9 Å². The number of hydrogen-bond donors (Lipinski definition) is 2. The van der Waals surface area contributed by atoms with Gasteiger partial charge >= 0.3 is 6.09 Å². The van der Waals surface area contributed by atoms with Crippen molar-refractivity contribution in [1.82, 2.24) is 30.5 Å². The van der Waals surface area contributed by atoms with E-state index in [2.05, 4.69) is 58.8 Å². The van der Waals surface area contributed by atoms with Gasteiger partial charge in [-0.2, -0.15) is 4.80 Å². The van der Waals surface area contributed by atoms with Gasteiger partial charge in [0.15, 0.2) is 0 Å². The number of rotatable bonds is 8. The molecule has 0 atom stereocenters. The van der Waals surface area contributed by atoms with Crippen molar-refractivity contribution in [1.29, 1.82) is 0 Å². The molecule has 10 heteroatoms. The Bertz CT molecular complexity index is 1500. The number of alkyl carbamates (subject to hydrolysis) is 1. The van der Waals surface area contributed by atoms with Gasteiger partial charge in [0.25, 0.3) is 0 Å². The third-order valence-electron chi connectivity index (χ3n) is 5.93. The van der Waals surface area contributed by atoms with E-state index in [-0.39, 0.29) is 13.1 Å². The van der Waals surface area contributed by atoms with E-state index in [1.165, 1.54) is 4.80 Å². The molecule has 3 N–H and O–H groups in total. The number of fused-ring (bicyclic) bond motifs is 1. The molecule has 0 aliphatic carbocycles. The first kappa shape index (κ1) is 27.7. The molecule has 2 aromatic carbocycles. The number of nitrogens with two attached hydrogens (primary N) is 1. The van der Waals surface area contributed by atoms with Crippen molar-refractivity contribution in [2.75, 3.05) is 0 Å². The van der Waals surface area contributed by atoms with Crippen molar-refractivity contribution in [3.05, 3.63) is 59.3 Å². The molecular weight excluding hydrogens is 494 g/mol. The van der Waals surface area contributed by atoms with Gasteiger partial charge in [-0.3, -0.25) is 9.78 Å². The predicted molar refractivity (Wildman–Crippen MR) is 150 cm³/mol. The molecule has 0 saturated carbocycles. The van der Waals surface area contributed by atoms with Crippen LogP contribution in [0.2, 0.25) is 0 Å². The molecule has 4 aromatic rings. The van der Waals surface area contributed by atoms with Crippen LogP contribution in [0, 0.1) is 12.8 Å². The number of tetrazole rings is 1. The van der Waals surface area contributed by atoms with Gasteiger partial charge in [-0.15, -0.1) is 10.2 Å². The minimum absolute atomic E-state index is 0.157. The molecule has 10 nitrogen and oxygen atoms in total. The van der Waals surface area contributed by atoms with Crippen molar-refractivity contribution in [3.8, 4) is 22.5 Å². The van der Waals surface area contributed by atoms with E-state index in [1.54, 1.807) is 0 Å². The Kier molecular flexibility index (Phi) is 7.94. The van der Waals surface area contributed by atoms with E-state index in [4.69, 9.17) is 15.5 Å². The zero-order valence-corrected chi connectivity index (χ0v) is 23.3. The van der Waals surface area contributed by atoms with Crippen molar-refractivity contribution in [2.45, 2.75) is 66.7 Å². The van der Waals surface area contributed by atoms with Crippen LogP contribution in [-0.4, -0.2) is 42.8 Å². The zero-order chi connectivity index (χ0) is 28.3. The summed E-state index contributed by atoms with van der Waals surface area (Å²) in [5, 5.41) is 16.2. The lowest BCUT2D eigenvalue weighted by Crippen LogP contribution is -2.32. The second-order valence-electron chi connectivity index (χ2n) is 11.1. The Hall–Kier alpha value is -4.34. The maximum Gasteiger partial charge on any atom is 0.407 e. The van der Waals surface area contributed by atoms with E-state index in [9.17, 15) is 9.59 Å². The van der Waals surface area contributed by atoms with Gasteiger partial charge in [0.2, 0.25) is 11.7 Å². The Morgan fingerprint density at radius 2 is 1.77 bits per heavy atom. The van der Waals surface area contributed by atoms with Crippen molar-refractivity contribution >= 4 is 22.9 Å². The van der Waals surface area contributed by atoms with Gasteiger partial charge in [-0.05, 0) is 74.6 Å². The first-order chi connectivity index (χ1) is 18.4. The number of hydrogen-bond acceptors (Lipinski definition) is 7. The summed E-state index contributed by atoms with van der Waals surface area (Å²) >= 11 is 0. The maximum absolute atomic E-state index is 12.6. The lowest BCUT2D eigenvalue weighted by Gasteiger charge is -2.22. The third-order valence-corrected chi connectivity index (χ3v) is 5.93. The fraction of sp³-hybridized carbons (Fsp3) is 0.379. The summed E-state index contributed by atoms with van der Waals surface area (Å²) < 4.78 is 5.51. The molecule has 4 rings (SSSR count). The minimum Gasteiger partial charge on any atom is -0.444 e. The Balaban J connectivity index is 1.90. The number of carbonyl (C=O) groups excluding carboxylic acids is 2. The molecule has 0 radical (unpaired) electrons. The van der Waals surface area contributed by atoms with Crippen LogP contribution in [0.3, 0.4) is 0 Å². The molecule has 0 bridgehead atoms. The van der Waals surface area contributed by atoms with E-state index < -0.39 is 17.6 Å². The van der Waals surface area contributed by atoms with E-state index in [0.29, 0.717) is 11.7 Å². The number of nitrogens with one attached hydrogen (secondary N) is 1. The number of amides is 2. The molecule has 0 fully saturated rings. The number of aromatic nitrogens is 5. The summed E-state index contributed by atoms with van der Waals surface area (Å²) in [6.07, 6.45) is 0.252. The summed E-state index contributed by atoms with van der Waals surface area (Å²) in [4.78, 5) is 30.1. The topological polar surface area (TPSA) is 138 Å². The molecule has 0 saturated heterocycles. The Morgan fingerprint density at radius 3 is 2.41 bits per heavy atom. The number of nitrogens with zero attached hydrogens (tertiary/aromatic N) is 5. The van der Waals surface area contributed by atoms with Gasteiger partial charge in [-0.25, -0.2) is 4.79 Å². The molecule has 204 valence electrons. The number of benzene rings is 2. The molecule has 2 heterocycles. The second-order valence-corrected chi connectivity index (χ2v) is 11.1. The van der Waals surface area contributed by atoms with Crippen LogP contribution >= 0.6 is 0 Å². The number of primary amides is 1. The number of carbonyl (C=O) groups is 2. The van der Waals surface area contributed by atoms with Crippen molar-refractivity contribution in [2.24, 2.45) is 11.7 Å². The highest BCUT2D eigenvalue weighted by molar-refractivity contribution is 5.98. The standard InChI is InChI=1S/C29H35N7O3/c1-17(2)13-24-22(15-31-28(38)39-29(4,5)6)26(19-9-7-18(3)8-10-19)21-14-20(11-12-23(21)32-24)27-33-35-36(34-27)16-25(30)37/h7-12,14,17H,13,15-16H2,1-6H3,(H2,30,37)(H,31,38). The van der Waals surface area contributed by atoms with E-state index in [0.717, 1.165) is 50.8 Å².